The van der Waals surface area contributed by atoms with E-state index in [1.54, 1.807) is 12.1 Å². The number of hydrogen-bond acceptors (Lipinski definition) is 4. The third-order valence-corrected chi connectivity index (χ3v) is 6.39. The SMILES string of the molecule is Cc1ccc(S(=O)(=O)OCC2(O)c3ccc(Br)cc3CC2C)cc1. The van der Waals surface area contributed by atoms with Crippen LogP contribution in [0, 0.1) is 12.8 Å². The van der Waals surface area contributed by atoms with Crippen LogP contribution in [0.1, 0.15) is 23.6 Å². The van der Waals surface area contributed by atoms with Crippen LogP contribution < -0.4 is 0 Å². The molecule has 1 aliphatic rings. The standard InChI is InChI=1S/C18H19BrO4S/c1-12-3-6-16(7-4-12)24(21,22)23-11-18(20)13(2)9-14-10-15(19)5-8-17(14)18/h3-8,10,13,20H,9,11H2,1-2H3. The molecule has 0 aromatic heterocycles. The minimum Gasteiger partial charge on any atom is -0.382 e. The Morgan fingerprint density at radius 3 is 2.58 bits per heavy atom. The monoisotopic (exact) mass is 410 g/mol. The van der Waals surface area contributed by atoms with Gasteiger partial charge in [-0.05, 0) is 54.7 Å². The first kappa shape index (κ1) is 17.6. The Kier molecular flexibility index (Phi) is 4.59. The second kappa shape index (κ2) is 6.26. The zero-order chi connectivity index (χ0) is 17.5. The van der Waals surface area contributed by atoms with E-state index in [9.17, 15) is 13.5 Å². The molecule has 2 aromatic carbocycles. The van der Waals surface area contributed by atoms with Crippen LogP contribution in [0.25, 0.3) is 0 Å². The molecule has 0 aliphatic heterocycles. The lowest BCUT2D eigenvalue weighted by atomic mass is 9.89. The fraction of sp³-hybridized carbons (Fsp3) is 0.333. The van der Waals surface area contributed by atoms with Gasteiger partial charge in [0.15, 0.2) is 0 Å². The maximum absolute atomic E-state index is 12.4. The van der Waals surface area contributed by atoms with Gasteiger partial charge in [-0.15, -0.1) is 0 Å². The lowest BCUT2D eigenvalue weighted by molar-refractivity contribution is -0.0416. The molecule has 1 N–H and O–H groups in total. The molecule has 0 radical (unpaired) electrons. The Hall–Kier alpha value is -1.21. The molecule has 1 aliphatic carbocycles. The smallest absolute Gasteiger partial charge is 0.297 e. The first-order valence-electron chi connectivity index (χ1n) is 7.70. The molecule has 0 saturated carbocycles. The molecule has 24 heavy (non-hydrogen) atoms. The van der Waals surface area contributed by atoms with Gasteiger partial charge in [-0.2, -0.15) is 8.42 Å². The summed E-state index contributed by atoms with van der Waals surface area (Å²) in [5.41, 5.74) is 1.40. The molecule has 4 nitrogen and oxygen atoms in total. The Morgan fingerprint density at radius 1 is 1.25 bits per heavy atom. The van der Waals surface area contributed by atoms with Crippen LogP contribution in [0.5, 0.6) is 0 Å². The first-order chi connectivity index (χ1) is 11.2. The van der Waals surface area contributed by atoms with Gasteiger partial charge in [0, 0.05) is 4.47 Å². The van der Waals surface area contributed by atoms with E-state index in [0.29, 0.717) is 6.42 Å². The van der Waals surface area contributed by atoms with Gasteiger partial charge in [0.25, 0.3) is 10.1 Å². The zero-order valence-electron chi connectivity index (χ0n) is 13.5. The number of fused-ring (bicyclic) bond motifs is 1. The van der Waals surface area contributed by atoms with Crippen LogP contribution in [-0.2, 0) is 26.3 Å². The van der Waals surface area contributed by atoms with Gasteiger partial charge in [-0.25, -0.2) is 0 Å². The van der Waals surface area contributed by atoms with Crippen molar-refractivity contribution in [3.63, 3.8) is 0 Å². The quantitative estimate of drug-likeness (QED) is 0.782. The van der Waals surface area contributed by atoms with Crippen molar-refractivity contribution in [3.8, 4) is 0 Å². The fourth-order valence-corrected chi connectivity index (χ4v) is 4.43. The molecule has 0 fully saturated rings. The summed E-state index contributed by atoms with van der Waals surface area (Å²) in [6.07, 6.45) is 0.680. The lowest BCUT2D eigenvalue weighted by Gasteiger charge is -2.28. The average molecular weight is 411 g/mol. The maximum Gasteiger partial charge on any atom is 0.297 e. The number of rotatable bonds is 4. The zero-order valence-corrected chi connectivity index (χ0v) is 15.9. The molecule has 3 rings (SSSR count). The van der Waals surface area contributed by atoms with Gasteiger partial charge >= 0.3 is 0 Å². The van der Waals surface area contributed by atoms with Crippen molar-refractivity contribution >= 4 is 26.0 Å². The molecule has 2 atom stereocenters. The molecule has 2 aromatic rings. The van der Waals surface area contributed by atoms with Gasteiger partial charge in [-0.3, -0.25) is 4.18 Å². The van der Waals surface area contributed by atoms with Crippen LogP contribution in [0.15, 0.2) is 51.8 Å². The second-order valence-electron chi connectivity index (χ2n) is 6.36. The maximum atomic E-state index is 12.4. The van der Waals surface area contributed by atoms with Gasteiger partial charge in [-0.1, -0.05) is 46.6 Å². The van der Waals surface area contributed by atoms with Crippen LogP contribution in [0.4, 0.5) is 0 Å². The normalized spacial score (nSPS) is 23.2. The molecule has 0 bridgehead atoms. The van der Waals surface area contributed by atoms with Gasteiger partial charge in [0.2, 0.25) is 0 Å². The van der Waals surface area contributed by atoms with E-state index in [1.165, 1.54) is 12.1 Å². The van der Waals surface area contributed by atoms with E-state index in [4.69, 9.17) is 4.18 Å². The highest BCUT2D eigenvalue weighted by atomic mass is 79.9. The van der Waals surface area contributed by atoms with Gasteiger partial charge in [0.05, 0.1) is 11.5 Å². The minimum atomic E-state index is -3.91. The highest BCUT2D eigenvalue weighted by molar-refractivity contribution is 9.10. The summed E-state index contributed by atoms with van der Waals surface area (Å²) in [5.74, 6) is -0.130. The number of benzene rings is 2. The Morgan fingerprint density at radius 2 is 1.92 bits per heavy atom. The van der Waals surface area contributed by atoms with E-state index >= 15 is 0 Å². The average Bonchev–Trinajstić information content (AvgIpc) is 2.77. The molecular weight excluding hydrogens is 392 g/mol. The third kappa shape index (κ3) is 3.16. The van der Waals surface area contributed by atoms with Gasteiger partial charge < -0.3 is 5.11 Å². The largest absolute Gasteiger partial charge is 0.382 e. The van der Waals surface area contributed by atoms with Crippen molar-refractivity contribution in [2.24, 2.45) is 5.92 Å². The number of aryl methyl sites for hydroxylation is 1. The fourth-order valence-electron chi connectivity index (χ4n) is 3.08. The highest BCUT2D eigenvalue weighted by Gasteiger charge is 2.44. The van der Waals surface area contributed by atoms with Crippen molar-refractivity contribution in [1.82, 2.24) is 0 Å². The lowest BCUT2D eigenvalue weighted by Crippen LogP contribution is -2.36. The van der Waals surface area contributed by atoms with E-state index in [1.807, 2.05) is 32.0 Å². The van der Waals surface area contributed by atoms with Crippen molar-refractivity contribution in [3.05, 3.63) is 63.6 Å². The Bertz CT molecular complexity index is 861. The van der Waals surface area contributed by atoms with Crippen molar-refractivity contribution < 1.29 is 17.7 Å². The predicted octanol–water partition coefficient (Wildman–Crippen LogP) is 3.54. The summed E-state index contributed by atoms with van der Waals surface area (Å²) in [6, 6.07) is 12.1. The molecule has 0 amide bonds. The van der Waals surface area contributed by atoms with E-state index in [2.05, 4.69) is 15.9 Å². The highest BCUT2D eigenvalue weighted by Crippen LogP contribution is 2.42. The van der Waals surface area contributed by atoms with Gasteiger partial charge in [0.1, 0.15) is 5.60 Å². The summed E-state index contributed by atoms with van der Waals surface area (Å²) in [5, 5.41) is 11.1. The molecule has 0 heterocycles. The van der Waals surface area contributed by atoms with E-state index in [-0.39, 0.29) is 17.4 Å². The van der Waals surface area contributed by atoms with Crippen molar-refractivity contribution in [2.45, 2.75) is 30.8 Å². The summed E-state index contributed by atoms with van der Waals surface area (Å²) in [7, 11) is -3.91. The van der Waals surface area contributed by atoms with E-state index < -0.39 is 15.7 Å². The molecular formula is C18H19BrO4S. The summed E-state index contributed by atoms with van der Waals surface area (Å²) in [4.78, 5) is 0.0957. The van der Waals surface area contributed by atoms with E-state index in [0.717, 1.165) is 21.2 Å². The summed E-state index contributed by atoms with van der Waals surface area (Å²) in [6.45, 7) is 3.49. The Labute approximate surface area is 150 Å². The molecule has 0 saturated heterocycles. The predicted molar refractivity (Wildman–Crippen MR) is 95.2 cm³/mol. The third-order valence-electron chi connectivity index (χ3n) is 4.62. The topological polar surface area (TPSA) is 63.6 Å². The number of aliphatic hydroxyl groups is 1. The summed E-state index contributed by atoms with van der Waals surface area (Å²) >= 11 is 3.42. The number of hydrogen-bond donors (Lipinski definition) is 1. The molecule has 0 spiro atoms. The van der Waals surface area contributed by atoms with Crippen molar-refractivity contribution in [1.29, 1.82) is 0 Å². The van der Waals surface area contributed by atoms with Crippen LogP contribution in [-0.4, -0.2) is 20.1 Å². The van der Waals surface area contributed by atoms with Crippen LogP contribution in [0.2, 0.25) is 0 Å². The van der Waals surface area contributed by atoms with Crippen molar-refractivity contribution in [2.75, 3.05) is 6.61 Å². The first-order valence-corrected chi connectivity index (χ1v) is 9.90. The second-order valence-corrected chi connectivity index (χ2v) is 8.89. The number of halogens is 1. The summed E-state index contributed by atoms with van der Waals surface area (Å²) < 4.78 is 30.9. The van der Waals surface area contributed by atoms with Crippen LogP contribution in [0.3, 0.4) is 0 Å². The molecule has 2 unspecified atom stereocenters. The molecule has 6 heteroatoms. The van der Waals surface area contributed by atoms with Crippen LogP contribution >= 0.6 is 15.9 Å². The minimum absolute atomic E-state index is 0.0957. The molecule has 128 valence electrons. The Balaban J connectivity index is 1.85.